The van der Waals surface area contributed by atoms with Gasteiger partial charge < -0.3 is 9.47 Å². The zero-order valence-corrected chi connectivity index (χ0v) is 18.5. The lowest BCUT2D eigenvalue weighted by Gasteiger charge is -2.22. The minimum atomic E-state index is -1.03. The van der Waals surface area contributed by atoms with E-state index in [1.807, 2.05) is 0 Å². The zero-order chi connectivity index (χ0) is 25.5. The van der Waals surface area contributed by atoms with E-state index in [1.54, 1.807) is 36.7 Å². The van der Waals surface area contributed by atoms with Crippen LogP contribution in [0.5, 0.6) is 0 Å². The van der Waals surface area contributed by atoms with Crippen LogP contribution in [0.15, 0.2) is 97.6 Å². The molecule has 2 heterocycles. The maximum atomic E-state index is 13.0. The van der Waals surface area contributed by atoms with E-state index >= 15 is 0 Å². The number of nitro groups is 2. The summed E-state index contributed by atoms with van der Waals surface area (Å²) in [6.07, 6.45) is 3.18. The van der Waals surface area contributed by atoms with Crippen molar-refractivity contribution in [2.24, 2.45) is 0 Å². The summed E-state index contributed by atoms with van der Waals surface area (Å²) in [5.41, 5.74) is 1.77. The standard InChI is InChI=1S/C25H18N4O7/c30-25(35-23(19-3-1-13-26-15-19)17-5-9-21(10-6-17)28(31)32)36-24(20-4-2-14-27-16-20)18-7-11-22(12-8-18)29(33)34/h1-16,23-24H. The molecule has 0 saturated heterocycles. The van der Waals surface area contributed by atoms with Gasteiger partial charge in [0.2, 0.25) is 0 Å². The molecule has 2 atom stereocenters. The van der Waals surface area contributed by atoms with Crippen molar-refractivity contribution >= 4 is 17.5 Å². The first-order valence-electron chi connectivity index (χ1n) is 10.6. The van der Waals surface area contributed by atoms with Gasteiger partial charge in [-0.1, -0.05) is 12.1 Å². The summed E-state index contributed by atoms with van der Waals surface area (Å²) in [6.45, 7) is 0. The van der Waals surface area contributed by atoms with Crippen molar-refractivity contribution in [1.82, 2.24) is 9.97 Å². The van der Waals surface area contributed by atoms with Gasteiger partial charge in [-0.3, -0.25) is 30.2 Å². The molecule has 2 unspecified atom stereocenters. The molecule has 0 radical (unpaired) electrons. The molecule has 0 N–H and O–H groups in total. The van der Waals surface area contributed by atoms with Crippen LogP contribution >= 0.6 is 0 Å². The van der Waals surface area contributed by atoms with Gasteiger partial charge >= 0.3 is 6.16 Å². The van der Waals surface area contributed by atoms with Crippen molar-refractivity contribution in [1.29, 1.82) is 0 Å². The molecule has 0 aliphatic heterocycles. The molecule has 0 aliphatic rings. The van der Waals surface area contributed by atoms with Gasteiger partial charge in [-0.05, 0) is 47.5 Å². The Hall–Kier alpha value is -5.19. The average Bonchev–Trinajstić information content (AvgIpc) is 2.91. The van der Waals surface area contributed by atoms with E-state index in [-0.39, 0.29) is 11.4 Å². The largest absolute Gasteiger partial charge is 0.510 e. The molecular weight excluding hydrogens is 468 g/mol. The molecule has 0 fully saturated rings. The van der Waals surface area contributed by atoms with E-state index in [1.165, 1.54) is 60.9 Å². The highest BCUT2D eigenvalue weighted by Crippen LogP contribution is 2.31. The summed E-state index contributed by atoms with van der Waals surface area (Å²) in [5, 5.41) is 22.1. The molecule has 0 spiro atoms. The number of aromatic nitrogens is 2. The van der Waals surface area contributed by atoms with Gasteiger partial charge in [0.1, 0.15) is 0 Å². The lowest BCUT2D eigenvalue weighted by molar-refractivity contribution is -0.385. The number of benzene rings is 2. The second-order valence-corrected chi connectivity index (χ2v) is 7.52. The Morgan fingerprint density at radius 1 is 0.639 bits per heavy atom. The van der Waals surface area contributed by atoms with Gasteiger partial charge in [0.25, 0.3) is 11.4 Å². The van der Waals surface area contributed by atoms with Crippen LogP contribution in [0, 0.1) is 20.2 Å². The summed E-state index contributed by atoms with van der Waals surface area (Å²) in [5.74, 6) is 0. The molecule has 2 aromatic carbocycles. The number of carbonyl (C=O) groups is 1. The van der Waals surface area contributed by atoms with Crippen LogP contribution in [0.4, 0.5) is 16.2 Å². The van der Waals surface area contributed by atoms with E-state index < -0.39 is 28.2 Å². The van der Waals surface area contributed by atoms with Gasteiger partial charge in [-0.15, -0.1) is 0 Å². The van der Waals surface area contributed by atoms with Gasteiger partial charge in [-0.2, -0.15) is 0 Å². The monoisotopic (exact) mass is 486 g/mol. The summed E-state index contributed by atoms with van der Waals surface area (Å²) >= 11 is 0. The fourth-order valence-electron chi connectivity index (χ4n) is 3.48. The molecule has 2 aromatic heterocycles. The Balaban J connectivity index is 1.62. The molecule has 11 heteroatoms. The lowest BCUT2D eigenvalue weighted by Crippen LogP contribution is -2.18. The van der Waals surface area contributed by atoms with Crippen molar-refractivity contribution in [3.63, 3.8) is 0 Å². The van der Waals surface area contributed by atoms with Crippen LogP contribution in [0.1, 0.15) is 34.5 Å². The lowest BCUT2D eigenvalue weighted by atomic mass is 10.0. The summed E-state index contributed by atoms with van der Waals surface area (Å²) < 4.78 is 11.3. The minimum Gasteiger partial charge on any atom is -0.421 e. The molecule has 4 rings (SSSR count). The highest BCUT2D eigenvalue weighted by Gasteiger charge is 2.26. The number of carbonyl (C=O) groups excluding carboxylic acids is 1. The molecule has 0 aliphatic carbocycles. The number of nitrogens with zero attached hydrogens (tertiary/aromatic N) is 4. The second-order valence-electron chi connectivity index (χ2n) is 7.52. The Kier molecular flexibility index (Phi) is 7.20. The molecule has 4 aromatic rings. The number of pyridine rings is 2. The smallest absolute Gasteiger partial charge is 0.421 e. The SMILES string of the molecule is O=C(OC(c1ccc([N+](=O)[O-])cc1)c1cccnc1)OC(c1ccc([N+](=O)[O-])cc1)c1cccnc1. The number of hydrogen-bond acceptors (Lipinski definition) is 9. The van der Waals surface area contributed by atoms with Gasteiger partial charge in [0.05, 0.1) is 9.85 Å². The first-order chi connectivity index (χ1) is 17.4. The normalized spacial score (nSPS) is 12.2. The predicted octanol–water partition coefficient (Wildman–Crippen LogP) is 5.33. The Morgan fingerprint density at radius 2 is 1.03 bits per heavy atom. The number of rotatable bonds is 8. The van der Waals surface area contributed by atoms with Crippen LogP contribution in [-0.4, -0.2) is 26.0 Å². The molecule has 11 nitrogen and oxygen atoms in total. The van der Waals surface area contributed by atoms with Crippen LogP contribution in [0.2, 0.25) is 0 Å². The van der Waals surface area contributed by atoms with Crippen molar-refractivity contribution in [3.05, 3.63) is 140 Å². The Morgan fingerprint density at radius 3 is 1.33 bits per heavy atom. The van der Waals surface area contributed by atoms with Crippen molar-refractivity contribution in [3.8, 4) is 0 Å². The number of non-ortho nitro benzene ring substituents is 2. The summed E-state index contributed by atoms with van der Waals surface area (Å²) in [4.78, 5) is 42.1. The first-order valence-corrected chi connectivity index (χ1v) is 10.6. The Labute approximate surface area is 204 Å². The van der Waals surface area contributed by atoms with E-state index in [2.05, 4.69) is 9.97 Å². The molecule has 36 heavy (non-hydrogen) atoms. The first kappa shape index (κ1) is 24.0. The highest BCUT2D eigenvalue weighted by molar-refractivity contribution is 5.62. The summed E-state index contributed by atoms with van der Waals surface area (Å²) in [7, 11) is 0. The third kappa shape index (κ3) is 5.65. The van der Waals surface area contributed by atoms with E-state index in [9.17, 15) is 25.0 Å². The minimum absolute atomic E-state index is 0.110. The van der Waals surface area contributed by atoms with Crippen molar-refractivity contribution in [2.75, 3.05) is 0 Å². The van der Waals surface area contributed by atoms with E-state index in [0.717, 1.165) is 0 Å². The van der Waals surface area contributed by atoms with Gasteiger partial charge in [0.15, 0.2) is 12.2 Å². The highest BCUT2D eigenvalue weighted by atomic mass is 16.7. The molecular formula is C25H18N4O7. The van der Waals surface area contributed by atoms with Crippen molar-refractivity contribution < 1.29 is 24.1 Å². The fraction of sp³-hybridized carbons (Fsp3) is 0.0800. The topological polar surface area (TPSA) is 148 Å². The zero-order valence-electron chi connectivity index (χ0n) is 18.5. The maximum absolute atomic E-state index is 13.0. The van der Waals surface area contributed by atoms with Crippen LogP contribution < -0.4 is 0 Å². The average molecular weight is 486 g/mol. The van der Waals surface area contributed by atoms with E-state index in [0.29, 0.717) is 22.3 Å². The third-order valence-corrected chi connectivity index (χ3v) is 5.22. The molecule has 0 saturated carbocycles. The van der Waals surface area contributed by atoms with E-state index in [4.69, 9.17) is 9.47 Å². The third-order valence-electron chi connectivity index (χ3n) is 5.22. The number of ether oxygens (including phenoxy) is 2. The van der Waals surface area contributed by atoms with Gasteiger partial charge in [-0.25, -0.2) is 4.79 Å². The maximum Gasteiger partial charge on any atom is 0.510 e. The molecule has 0 bridgehead atoms. The Bertz CT molecular complexity index is 1240. The van der Waals surface area contributed by atoms with Crippen molar-refractivity contribution in [2.45, 2.75) is 12.2 Å². The second kappa shape index (κ2) is 10.8. The van der Waals surface area contributed by atoms with Crippen LogP contribution in [0.25, 0.3) is 0 Å². The van der Waals surface area contributed by atoms with Crippen LogP contribution in [-0.2, 0) is 9.47 Å². The number of hydrogen-bond donors (Lipinski definition) is 0. The predicted molar refractivity (Wildman–Crippen MR) is 126 cm³/mol. The fourth-order valence-corrected chi connectivity index (χ4v) is 3.48. The molecule has 0 amide bonds. The van der Waals surface area contributed by atoms with Gasteiger partial charge in [0, 0.05) is 60.2 Å². The quantitative estimate of drug-likeness (QED) is 0.183. The summed E-state index contributed by atoms with van der Waals surface area (Å²) in [6, 6.07) is 17.9. The molecule has 180 valence electrons. The number of nitro benzene ring substituents is 2. The van der Waals surface area contributed by atoms with Crippen LogP contribution in [0.3, 0.4) is 0 Å².